The maximum Gasteiger partial charge on any atom is 0.336 e. The number of aromatic nitrogens is 1. The number of pyridine rings is 1. The molecule has 1 aromatic heterocycles. The van der Waals surface area contributed by atoms with Crippen molar-refractivity contribution in [2.75, 3.05) is 18.5 Å². The van der Waals surface area contributed by atoms with E-state index in [1.807, 2.05) is 18.2 Å². The zero-order valence-electron chi connectivity index (χ0n) is 22.0. The molecule has 0 aliphatic heterocycles. The highest BCUT2D eigenvalue weighted by atomic mass is 19.1. The molecule has 0 spiro atoms. The maximum absolute atomic E-state index is 13.6. The second-order valence-electron chi connectivity index (χ2n) is 9.73. The van der Waals surface area contributed by atoms with Gasteiger partial charge in [-0.3, -0.25) is 4.98 Å². The number of hydrogen-bond donors (Lipinski definition) is 2. The number of carbonyl (C=O) groups is 2. The number of rotatable bonds is 11. The summed E-state index contributed by atoms with van der Waals surface area (Å²) in [5.41, 5.74) is 2.93. The Balaban J connectivity index is 1.31. The fourth-order valence-corrected chi connectivity index (χ4v) is 4.83. The molecule has 0 saturated heterocycles. The number of halogens is 1. The Morgan fingerprint density at radius 2 is 1.90 bits per heavy atom. The fourth-order valence-electron chi connectivity index (χ4n) is 4.83. The lowest BCUT2D eigenvalue weighted by atomic mass is 9.94. The van der Waals surface area contributed by atoms with Crippen LogP contribution in [0, 0.1) is 12.7 Å². The molecule has 2 N–H and O–H groups in total. The lowest BCUT2D eigenvalue weighted by Crippen LogP contribution is -2.38. The molecule has 39 heavy (non-hydrogen) atoms. The minimum atomic E-state index is -0.950. The summed E-state index contributed by atoms with van der Waals surface area (Å²) in [6.07, 6.45) is 6.74. The van der Waals surface area contributed by atoms with Crippen molar-refractivity contribution in [3.05, 3.63) is 95.1 Å². The molecule has 0 bridgehead atoms. The van der Waals surface area contributed by atoms with E-state index in [0.717, 1.165) is 24.8 Å². The Labute approximate surface area is 227 Å². The molecule has 2 unspecified atom stereocenters. The van der Waals surface area contributed by atoms with Crippen molar-refractivity contribution >= 4 is 17.7 Å². The third-order valence-electron chi connectivity index (χ3n) is 6.80. The van der Waals surface area contributed by atoms with Gasteiger partial charge in [-0.05, 0) is 73.6 Å². The molecule has 3 aromatic rings. The lowest BCUT2D eigenvalue weighted by Gasteiger charge is -2.30. The van der Waals surface area contributed by atoms with Crippen LogP contribution in [0.4, 0.5) is 14.9 Å². The molecule has 206 valence electrons. The topological polar surface area (TPSA) is 101 Å². The van der Waals surface area contributed by atoms with Crippen molar-refractivity contribution in [1.29, 1.82) is 0 Å². The Morgan fingerprint density at radius 3 is 2.64 bits per heavy atom. The third kappa shape index (κ3) is 8.33. The summed E-state index contributed by atoms with van der Waals surface area (Å²) in [4.78, 5) is 30.5. The van der Waals surface area contributed by atoms with Gasteiger partial charge in [0.1, 0.15) is 5.82 Å². The quantitative estimate of drug-likeness (QED) is 0.322. The Kier molecular flexibility index (Phi) is 9.99. The first-order valence-corrected chi connectivity index (χ1v) is 13.1. The van der Waals surface area contributed by atoms with Crippen molar-refractivity contribution in [3.8, 4) is 0 Å². The van der Waals surface area contributed by atoms with E-state index in [4.69, 9.17) is 9.47 Å². The van der Waals surface area contributed by atoms with Gasteiger partial charge in [0.05, 0.1) is 31.0 Å². The molecule has 1 saturated carbocycles. The molecule has 1 fully saturated rings. The lowest BCUT2D eigenvalue weighted by molar-refractivity contribution is -0.0524. The first-order chi connectivity index (χ1) is 18.9. The number of aryl methyl sites for hydroxylation is 1. The highest BCUT2D eigenvalue weighted by Crippen LogP contribution is 2.25. The van der Waals surface area contributed by atoms with Gasteiger partial charge < -0.3 is 24.8 Å². The van der Waals surface area contributed by atoms with Gasteiger partial charge in [0, 0.05) is 31.2 Å². The molecule has 0 radical (unpaired) electrons. The van der Waals surface area contributed by atoms with Crippen molar-refractivity contribution in [2.24, 2.45) is 0 Å². The van der Waals surface area contributed by atoms with Crippen LogP contribution in [-0.2, 0) is 22.6 Å². The zero-order chi connectivity index (χ0) is 27.6. The summed E-state index contributed by atoms with van der Waals surface area (Å²) in [5.74, 6) is -1.38. The van der Waals surface area contributed by atoms with Gasteiger partial charge >= 0.3 is 12.0 Å². The van der Waals surface area contributed by atoms with E-state index in [1.165, 1.54) is 12.1 Å². The number of carbonyl (C=O) groups excluding carboxylic acids is 1. The Hall–Kier alpha value is -3.82. The van der Waals surface area contributed by atoms with Crippen LogP contribution in [0.25, 0.3) is 0 Å². The van der Waals surface area contributed by atoms with Crippen molar-refractivity contribution < 1.29 is 28.6 Å². The van der Waals surface area contributed by atoms with Crippen LogP contribution in [-0.4, -0.2) is 52.4 Å². The number of urea groups is 1. The van der Waals surface area contributed by atoms with Crippen LogP contribution in [0.5, 0.6) is 0 Å². The first-order valence-electron chi connectivity index (χ1n) is 13.1. The molecule has 2 atom stereocenters. The van der Waals surface area contributed by atoms with E-state index in [9.17, 15) is 19.1 Å². The number of amides is 2. The van der Waals surface area contributed by atoms with E-state index in [1.54, 1.807) is 48.5 Å². The fraction of sp³-hybridized carbons (Fsp3) is 0.367. The number of aromatic carboxylic acids is 1. The molecule has 8 nitrogen and oxygen atoms in total. The summed E-state index contributed by atoms with van der Waals surface area (Å²) in [7, 11) is 0. The summed E-state index contributed by atoms with van der Waals surface area (Å²) in [6, 6.07) is 14.5. The predicted molar refractivity (Wildman–Crippen MR) is 145 cm³/mol. The van der Waals surface area contributed by atoms with Gasteiger partial charge in [0.25, 0.3) is 0 Å². The Bertz CT molecular complexity index is 1260. The van der Waals surface area contributed by atoms with Crippen LogP contribution >= 0.6 is 0 Å². The average molecular weight is 536 g/mol. The monoisotopic (exact) mass is 535 g/mol. The zero-order valence-corrected chi connectivity index (χ0v) is 22.0. The van der Waals surface area contributed by atoms with Gasteiger partial charge in [-0.2, -0.15) is 0 Å². The van der Waals surface area contributed by atoms with Crippen LogP contribution in [0.15, 0.2) is 67.0 Å². The molecule has 1 aliphatic rings. The number of carboxylic acids is 1. The van der Waals surface area contributed by atoms with Crippen LogP contribution < -0.4 is 5.32 Å². The van der Waals surface area contributed by atoms with Gasteiger partial charge in [0.2, 0.25) is 0 Å². The largest absolute Gasteiger partial charge is 0.478 e. The van der Waals surface area contributed by atoms with Crippen LogP contribution in [0.2, 0.25) is 0 Å². The number of carboxylic acid groups (broad SMARTS) is 1. The smallest absolute Gasteiger partial charge is 0.336 e. The predicted octanol–water partition coefficient (Wildman–Crippen LogP) is 5.81. The summed E-state index contributed by atoms with van der Waals surface area (Å²) >= 11 is 0. The minimum absolute atomic E-state index is 0.0215. The molecule has 2 aromatic carbocycles. The molecule has 1 aliphatic carbocycles. The van der Waals surface area contributed by atoms with Crippen LogP contribution in [0.3, 0.4) is 0 Å². The van der Waals surface area contributed by atoms with Gasteiger partial charge in [-0.15, -0.1) is 0 Å². The number of nitrogens with one attached hydrogen (secondary N) is 1. The third-order valence-corrected chi connectivity index (χ3v) is 6.80. The number of ether oxygens (including phenoxy) is 2. The van der Waals surface area contributed by atoms with Gasteiger partial charge in [-0.25, -0.2) is 14.0 Å². The minimum Gasteiger partial charge on any atom is -0.478 e. The highest BCUT2D eigenvalue weighted by Gasteiger charge is 2.25. The molecule has 1 heterocycles. The number of nitrogens with zero attached hydrogens (tertiary/aromatic N) is 2. The highest BCUT2D eigenvalue weighted by molar-refractivity contribution is 5.91. The molecule has 2 amide bonds. The average Bonchev–Trinajstić information content (AvgIpc) is 2.92. The SMILES string of the molecule is Cc1cccc(COC2CCCC(OCCN(Cc3cccnc3)C(=O)Nc3cccc(F)c3)C2)c1C(=O)O. The van der Waals surface area contributed by atoms with Crippen molar-refractivity contribution in [3.63, 3.8) is 0 Å². The van der Waals surface area contributed by atoms with E-state index >= 15 is 0 Å². The van der Waals surface area contributed by atoms with Crippen molar-refractivity contribution in [1.82, 2.24) is 9.88 Å². The second kappa shape index (κ2) is 13.8. The molecule has 4 rings (SSSR count). The number of benzene rings is 2. The van der Waals surface area contributed by atoms with E-state index in [0.29, 0.717) is 48.5 Å². The van der Waals surface area contributed by atoms with Crippen molar-refractivity contribution in [2.45, 2.75) is 58.0 Å². The number of hydrogen-bond acceptors (Lipinski definition) is 5. The normalized spacial score (nSPS) is 17.0. The first kappa shape index (κ1) is 28.2. The summed E-state index contributed by atoms with van der Waals surface area (Å²) < 4.78 is 25.9. The summed E-state index contributed by atoms with van der Waals surface area (Å²) in [6.45, 7) is 3.02. The Morgan fingerprint density at radius 1 is 1.10 bits per heavy atom. The second-order valence-corrected chi connectivity index (χ2v) is 9.73. The van der Waals surface area contributed by atoms with E-state index in [-0.39, 0.29) is 24.8 Å². The number of anilines is 1. The van der Waals surface area contributed by atoms with Gasteiger partial charge in [0.15, 0.2) is 0 Å². The van der Waals surface area contributed by atoms with E-state index < -0.39 is 11.8 Å². The molecular formula is C30H34FN3O5. The molecule has 9 heteroatoms. The van der Waals surface area contributed by atoms with Crippen LogP contribution in [0.1, 0.15) is 52.7 Å². The maximum atomic E-state index is 13.6. The summed E-state index contributed by atoms with van der Waals surface area (Å²) in [5, 5.41) is 12.3. The van der Waals surface area contributed by atoms with Gasteiger partial charge in [-0.1, -0.05) is 30.3 Å². The van der Waals surface area contributed by atoms with E-state index in [2.05, 4.69) is 10.3 Å². The standard InChI is InChI=1S/C30H34FN3O5/c1-21-6-2-8-23(28(21)29(35)36)20-39-27-12-4-11-26(17-27)38-15-14-34(19-22-7-5-13-32-18-22)30(37)33-25-10-3-9-24(31)16-25/h2-3,5-10,13,16,18,26-27H,4,11-12,14-15,17,19-20H2,1H3,(H,33,37)(H,35,36). The molecular weight excluding hydrogens is 501 g/mol.